The Hall–Kier alpha value is -2.09. The van der Waals surface area contributed by atoms with E-state index in [2.05, 4.69) is 4.98 Å². The Kier molecular flexibility index (Phi) is 5.20. The number of carboxylic acids is 1. The first-order valence-electron chi connectivity index (χ1n) is 7.67. The molecule has 2 heterocycles. The van der Waals surface area contributed by atoms with Gasteiger partial charge < -0.3 is 9.84 Å². The summed E-state index contributed by atoms with van der Waals surface area (Å²) < 4.78 is 45.8. The van der Waals surface area contributed by atoms with Gasteiger partial charge in [-0.1, -0.05) is 23.2 Å². The zero-order valence-electron chi connectivity index (χ0n) is 13.7. The Labute approximate surface area is 162 Å². The van der Waals surface area contributed by atoms with E-state index in [9.17, 15) is 18.0 Å². The number of carboxylic acid groups (broad SMARTS) is 1. The van der Waals surface area contributed by atoms with Crippen LogP contribution in [0, 0.1) is 6.92 Å². The lowest BCUT2D eigenvalue weighted by Crippen LogP contribution is -2.30. The molecule has 3 rings (SSSR count). The highest BCUT2D eigenvalue weighted by atomic mass is 35.5. The van der Waals surface area contributed by atoms with Crippen molar-refractivity contribution >= 4 is 34.7 Å². The molecule has 0 bridgehead atoms. The Morgan fingerprint density at radius 1 is 1.19 bits per heavy atom. The van der Waals surface area contributed by atoms with Crippen LogP contribution in [-0.4, -0.2) is 28.3 Å². The van der Waals surface area contributed by atoms with Crippen molar-refractivity contribution in [2.45, 2.75) is 25.3 Å². The molecular weight excluding hydrogens is 406 g/mol. The van der Waals surface area contributed by atoms with E-state index in [4.69, 9.17) is 33.0 Å². The molecule has 0 saturated heterocycles. The van der Waals surface area contributed by atoms with Gasteiger partial charge in [-0.3, -0.25) is 4.98 Å². The smallest absolute Gasteiger partial charge is 0.418 e. The van der Waals surface area contributed by atoms with Gasteiger partial charge in [0, 0.05) is 15.6 Å². The molecule has 0 spiro atoms. The Balaban J connectivity index is 2.06. The van der Waals surface area contributed by atoms with E-state index in [1.54, 1.807) is 0 Å². The van der Waals surface area contributed by atoms with Gasteiger partial charge in [-0.25, -0.2) is 4.79 Å². The summed E-state index contributed by atoms with van der Waals surface area (Å²) in [6.45, 7) is 1.42. The highest BCUT2D eigenvalue weighted by molar-refractivity contribution is 6.34. The molecular formula is C18H12Cl2F3NO3. The van der Waals surface area contributed by atoms with Crippen molar-refractivity contribution in [2.75, 3.05) is 0 Å². The summed E-state index contributed by atoms with van der Waals surface area (Å²) in [6.07, 6.45) is -6.61. The van der Waals surface area contributed by atoms with Crippen LogP contribution in [0.5, 0.6) is 0 Å². The third-order valence-electron chi connectivity index (χ3n) is 4.02. The number of aromatic nitrogens is 1. The highest BCUT2D eigenvalue weighted by Crippen LogP contribution is 2.44. The fourth-order valence-electron chi connectivity index (χ4n) is 2.84. The lowest BCUT2D eigenvalue weighted by molar-refractivity contribution is -0.203. The minimum absolute atomic E-state index is 0.00421. The fraction of sp³-hybridized carbons (Fsp3) is 0.222. The van der Waals surface area contributed by atoms with Crippen molar-refractivity contribution in [3.8, 4) is 0 Å². The first kappa shape index (κ1) is 19.7. The number of alkyl halides is 3. The Morgan fingerprint density at radius 2 is 1.81 bits per heavy atom. The van der Waals surface area contributed by atoms with Crippen LogP contribution in [0.3, 0.4) is 0 Å². The SMILES string of the molecule is Cc1nc(C2=CC(c3cc(Cl)cc(Cl)c3)OC2C(F)(F)F)ccc1C(=O)O. The molecule has 1 aliphatic rings. The number of aryl methyl sites for hydroxylation is 1. The van der Waals surface area contributed by atoms with Crippen molar-refractivity contribution < 1.29 is 27.8 Å². The predicted molar refractivity (Wildman–Crippen MR) is 94.0 cm³/mol. The maximum atomic E-state index is 13.5. The second-order valence-corrected chi connectivity index (χ2v) is 6.81. The molecule has 2 aromatic rings. The molecule has 0 radical (unpaired) electrons. The summed E-state index contributed by atoms with van der Waals surface area (Å²) in [5.74, 6) is -1.21. The highest BCUT2D eigenvalue weighted by Gasteiger charge is 2.48. The third-order valence-corrected chi connectivity index (χ3v) is 4.46. The zero-order valence-corrected chi connectivity index (χ0v) is 15.2. The molecule has 2 unspecified atom stereocenters. The normalized spacial score (nSPS) is 19.9. The summed E-state index contributed by atoms with van der Waals surface area (Å²) in [7, 11) is 0. The van der Waals surface area contributed by atoms with E-state index < -0.39 is 24.4 Å². The summed E-state index contributed by atoms with van der Waals surface area (Å²) in [4.78, 5) is 15.1. The van der Waals surface area contributed by atoms with E-state index in [-0.39, 0.29) is 32.6 Å². The number of hydrogen-bond acceptors (Lipinski definition) is 3. The molecule has 0 fully saturated rings. The van der Waals surface area contributed by atoms with Crippen molar-refractivity contribution in [3.05, 3.63) is 69.0 Å². The van der Waals surface area contributed by atoms with Crippen molar-refractivity contribution in [3.63, 3.8) is 0 Å². The van der Waals surface area contributed by atoms with Gasteiger partial charge in [0.15, 0.2) is 6.10 Å². The van der Waals surface area contributed by atoms with Crippen LogP contribution in [0.15, 0.2) is 36.4 Å². The predicted octanol–water partition coefficient (Wildman–Crippen LogP) is 5.48. The van der Waals surface area contributed by atoms with Crippen LogP contribution in [0.25, 0.3) is 5.57 Å². The van der Waals surface area contributed by atoms with Crippen molar-refractivity contribution in [1.82, 2.24) is 4.98 Å². The number of aromatic carboxylic acids is 1. The molecule has 0 amide bonds. The minimum atomic E-state index is -4.68. The van der Waals surface area contributed by atoms with Crippen LogP contribution < -0.4 is 0 Å². The van der Waals surface area contributed by atoms with Gasteiger partial charge >= 0.3 is 12.1 Å². The van der Waals surface area contributed by atoms with Crippen molar-refractivity contribution in [1.29, 1.82) is 0 Å². The number of pyridine rings is 1. The third kappa shape index (κ3) is 4.10. The van der Waals surface area contributed by atoms with Crippen LogP contribution >= 0.6 is 23.2 Å². The van der Waals surface area contributed by atoms with Crippen molar-refractivity contribution in [2.24, 2.45) is 0 Å². The van der Waals surface area contributed by atoms with E-state index in [1.165, 1.54) is 43.3 Å². The minimum Gasteiger partial charge on any atom is -0.478 e. The van der Waals surface area contributed by atoms with E-state index in [0.29, 0.717) is 5.56 Å². The number of halogens is 5. The standard InChI is InChI=1S/C18H12Cl2F3NO3/c1-8-12(17(25)26)2-3-14(24-8)13-7-15(27-16(13)18(21,22)23)9-4-10(19)6-11(20)5-9/h2-7,15-16H,1H3,(H,25,26). The lowest BCUT2D eigenvalue weighted by atomic mass is 10.0. The van der Waals surface area contributed by atoms with E-state index >= 15 is 0 Å². The monoisotopic (exact) mass is 417 g/mol. The van der Waals surface area contributed by atoms with Crippen LogP contribution in [0.4, 0.5) is 13.2 Å². The van der Waals surface area contributed by atoms with E-state index in [1.807, 2.05) is 0 Å². The maximum Gasteiger partial charge on any atom is 0.418 e. The average molecular weight is 418 g/mol. The number of rotatable bonds is 3. The average Bonchev–Trinajstić information content (AvgIpc) is 2.99. The van der Waals surface area contributed by atoms with Gasteiger partial charge in [0.05, 0.1) is 17.0 Å². The Bertz CT molecular complexity index is 924. The van der Waals surface area contributed by atoms with E-state index in [0.717, 1.165) is 0 Å². The summed E-state index contributed by atoms with van der Waals surface area (Å²) in [6, 6.07) is 6.85. The molecule has 4 nitrogen and oxygen atoms in total. The molecule has 9 heteroatoms. The largest absolute Gasteiger partial charge is 0.478 e. The second kappa shape index (κ2) is 7.14. The number of benzene rings is 1. The first-order chi connectivity index (χ1) is 12.6. The van der Waals surface area contributed by atoms with Crippen LogP contribution in [-0.2, 0) is 4.74 Å². The number of ether oxygens (including phenoxy) is 1. The molecule has 1 aromatic heterocycles. The van der Waals surface area contributed by atoms with Gasteiger partial charge in [0.25, 0.3) is 0 Å². The van der Waals surface area contributed by atoms with Gasteiger partial charge in [-0.05, 0) is 48.9 Å². The molecule has 1 aromatic carbocycles. The first-order valence-corrected chi connectivity index (χ1v) is 8.43. The van der Waals surface area contributed by atoms with Gasteiger partial charge in [0.2, 0.25) is 0 Å². The fourth-order valence-corrected chi connectivity index (χ4v) is 3.39. The maximum absolute atomic E-state index is 13.5. The van der Waals surface area contributed by atoms with Crippen LogP contribution in [0.1, 0.15) is 33.4 Å². The zero-order chi connectivity index (χ0) is 19.9. The molecule has 2 atom stereocenters. The van der Waals surface area contributed by atoms with Gasteiger partial charge in [0.1, 0.15) is 6.10 Å². The Morgan fingerprint density at radius 3 is 2.33 bits per heavy atom. The molecule has 1 N–H and O–H groups in total. The topological polar surface area (TPSA) is 59.4 Å². The van der Waals surface area contributed by atoms with Gasteiger partial charge in [-0.2, -0.15) is 13.2 Å². The van der Waals surface area contributed by atoms with Gasteiger partial charge in [-0.15, -0.1) is 0 Å². The summed E-state index contributed by atoms with van der Waals surface area (Å²) in [5.41, 5.74) is 0.200. The number of hydrogen-bond donors (Lipinski definition) is 1. The lowest BCUT2D eigenvalue weighted by Gasteiger charge is -2.20. The molecule has 1 aliphatic heterocycles. The summed E-state index contributed by atoms with van der Waals surface area (Å²) >= 11 is 11.9. The second-order valence-electron chi connectivity index (χ2n) is 5.94. The number of carbonyl (C=O) groups is 1. The molecule has 27 heavy (non-hydrogen) atoms. The molecule has 0 saturated carbocycles. The number of nitrogens with zero attached hydrogens (tertiary/aromatic N) is 1. The molecule has 0 aliphatic carbocycles. The summed E-state index contributed by atoms with van der Waals surface area (Å²) in [5, 5.41) is 9.60. The molecule has 142 valence electrons. The van der Waals surface area contributed by atoms with Crippen LogP contribution in [0.2, 0.25) is 10.0 Å². The quantitative estimate of drug-likeness (QED) is 0.717.